The molecule has 0 N–H and O–H groups in total. The first-order valence-corrected chi connectivity index (χ1v) is 9.49. The number of nitrogens with zero attached hydrogens (tertiary/aromatic N) is 2. The van der Waals surface area contributed by atoms with E-state index in [-0.39, 0.29) is 23.7 Å². The van der Waals surface area contributed by atoms with Gasteiger partial charge in [0.05, 0.1) is 12.7 Å². The fraction of sp³-hybridized carbons (Fsp3) is 0.650. The molecule has 3 rings (SSSR count). The average molecular weight is 348 g/mol. The Morgan fingerprint density at radius 3 is 2.68 bits per heavy atom. The molecule has 0 radical (unpaired) electrons. The minimum atomic E-state index is -0.240. The summed E-state index contributed by atoms with van der Waals surface area (Å²) in [6.45, 7) is 7.66. The number of benzene rings is 1. The molecular formula is C20H29FN2O2. The number of rotatable bonds is 7. The van der Waals surface area contributed by atoms with Crippen LogP contribution in [0.5, 0.6) is 0 Å². The highest BCUT2D eigenvalue weighted by Gasteiger charge is 2.27. The number of hydrogen-bond donors (Lipinski definition) is 0. The van der Waals surface area contributed by atoms with Crippen molar-refractivity contribution in [1.82, 2.24) is 9.80 Å². The van der Waals surface area contributed by atoms with E-state index in [9.17, 15) is 9.18 Å². The molecule has 0 aromatic heterocycles. The van der Waals surface area contributed by atoms with Gasteiger partial charge in [0.15, 0.2) is 0 Å². The van der Waals surface area contributed by atoms with Crippen LogP contribution in [0.25, 0.3) is 0 Å². The second kappa shape index (κ2) is 8.77. The highest BCUT2D eigenvalue weighted by Crippen LogP contribution is 2.22. The van der Waals surface area contributed by atoms with Crippen LogP contribution in [0.15, 0.2) is 24.3 Å². The van der Waals surface area contributed by atoms with E-state index in [4.69, 9.17) is 4.74 Å². The Kier molecular flexibility index (Phi) is 6.43. The lowest BCUT2D eigenvalue weighted by Gasteiger charge is -2.20. The molecule has 2 aliphatic heterocycles. The van der Waals surface area contributed by atoms with Crippen LogP contribution < -0.4 is 0 Å². The molecule has 1 aromatic rings. The molecule has 1 aromatic carbocycles. The summed E-state index contributed by atoms with van der Waals surface area (Å²) in [6.07, 6.45) is 4.17. The van der Waals surface area contributed by atoms with Crippen molar-refractivity contribution in [3.63, 3.8) is 0 Å². The summed E-state index contributed by atoms with van der Waals surface area (Å²) in [5.41, 5.74) is 1.01. The van der Waals surface area contributed by atoms with Gasteiger partial charge in [-0.15, -0.1) is 0 Å². The molecule has 4 nitrogen and oxygen atoms in total. The minimum Gasteiger partial charge on any atom is -0.375 e. The minimum absolute atomic E-state index is 0.100. The number of amides is 1. The Hall–Kier alpha value is -1.46. The maximum atomic E-state index is 13.0. The molecule has 0 aliphatic carbocycles. The van der Waals surface area contributed by atoms with Gasteiger partial charge in [0, 0.05) is 26.1 Å². The van der Waals surface area contributed by atoms with Crippen molar-refractivity contribution in [2.24, 2.45) is 0 Å². The summed E-state index contributed by atoms with van der Waals surface area (Å²) in [7, 11) is 0. The van der Waals surface area contributed by atoms with Crippen molar-refractivity contribution in [2.45, 2.75) is 44.6 Å². The molecule has 2 saturated heterocycles. The normalized spacial score (nSPS) is 22.5. The first-order valence-electron chi connectivity index (χ1n) is 9.49. The lowest BCUT2D eigenvalue weighted by atomic mass is 9.97. The number of carbonyl (C=O) groups excluding carboxylic acids is 1. The SMILES string of the molecule is C[C@@H](CC(=O)N1CC[C@H](OCCN2CCCC2)C1)c1ccc(F)cc1. The van der Waals surface area contributed by atoms with Crippen molar-refractivity contribution in [3.05, 3.63) is 35.6 Å². The lowest BCUT2D eigenvalue weighted by Crippen LogP contribution is -2.32. The van der Waals surface area contributed by atoms with E-state index in [0.717, 1.165) is 31.7 Å². The van der Waals surface area contributed by atoms with Crippen LogP contribution in [0.2, 0.25) is 0 Å². The fourth-order valence-electron chi connectivity index (χ4n) is 3.75. The van der Waals surface area contributed by atoms with Crippen LogP contribution in [0.3, 0.4) is 0 Å². The van der Waals surface area contributed by atoms with E-state index in [0.29, 0.717) is 13.0 Å². The number of hydrogen-bond acceptors (Lipinski definition) is 3. The molecule has 0 bridgehead atoms. The molecule has 0 unspecified atom stereocenters. The van der Waals surface area contributed by atoms with Crippen molar-refractivity contribution in [3.8, 4) is 0 Å². The van der Waals surface area contributed by atoms with Crippen LogP contribution >= 0.6 is 0 Å². The van der Waals surface area contributed by atoms with E-state index >= 15 is 0 Å². The molecule has 2 heterocycles. The van der Waals surface area contributed by atoms with Gasteiger partial charge in [-0.3, -0.25) is 4.79 Å². The molecule has 1 amide bonds. The largest absolute Gasteiger partial charge is 0.375 e. The van der Waals surface area contributed by atoms with Crippen molar-refractivity contribution < 1.29 is 13.9 Å². The zero-order valence-electron chi connectivity index (χ0n) is 15.1. The zero-order valence-corrected chi connectivity index (χ0v) is 15.1. The summed E-state index contributed by atoms with van der Waals surface area (Å²) < 4.78 is 19.0. The van der Waals surface area contributed by atoms with Gasteiger partial charge in [0.2, 0.25) is 5.91 Å². The van der Waals surface area contributed by atoms with Crippen LogP contribution in [0.4, 0.5) is 4.39 Å². The summed E-state index contributed by atoms with van der Waals surface area (Å²) >= 11 is 0. The third-order valence-corrected chi connectivity index (χ3v) is 5.38. The predicted octanol–water partition coefficient (Wildman–Crippen LogP) is 3.03. The highest BCUT2D eigenvalue weighted by molar-refractivity contribution is 5.77. The molecule has 2 aliphatic rings. The van der Waals surface area contributed by atoms with Gasteiger partial charge in [-0.05, 0) is 56.0 Å². The van der Waals surface area contributed by atoms with E-state index in [1.807, 2.05) is 11.8 Å². The van der Waals surface area contributed by atoms with Crippen LogP contribution in [0, 0.1) is 5.82 Å². The Balaban J connectivity index is 1.38. The Labute approximate surface area is 149 Å². The van der Waals surface area contributed by atoms with Crippen molar-refractivity contribution >= 4 is 5.91 Å². The van der Waals surface area contributed by atoms with Crippen LogP contribution in [-0.4, -0.2) is 61.1 Å². The third-order valence-electron chi connectivity index (χ3n) is 5.38. The zero-order chi connectivity index (χ0) is 17.6. The van der Waals surface area contributed by atoms with Gasteiger partial charge in [-0.2, -0.15) is 0 Å². The first kappa shape index (κ1) is 18.3. The Morgan fingerprint density at radius 1 is 1.24 bits per heavy atom. The van der Waals surface area contributed by atoms with Crippen LogP contribution in [0.1, 0.15) is 44.1 Å². The number of halogens is 1. The number of likely N-dealkylation sites (tertiary alicyclic amines) is 2. The van der Waals surface area contributed by atoms with Gasteiger partial charge in [-0.25, -0.2) is 4.39 Å². The summed E-state index contributed by atoms with van der Waals surface area (Å²) in [5.74, 6) is 0.0291. The molecular weight excluding hydrogens is 319 g/mol. The highest BCUT2D eigenvalue weighted by atomic mass is 19.1. The van der Waals surface area contributed by atoms with Gasteiger partial charge in [0.1, 0.15) is 5.82 Å². The van der Waals surface area contributed by atoms with Gasteiger partial charge in [0.25, 0.3) is 0 Å². The molecule has 0 spiro atoms. The first-order chi connectivity index (χ1) is 12.1. The standard InChI is InChI=1S/C20H29FN2O2/c1-16(17-4-6-18(21)7-5-17)14-20(24)23-11-8-19(15-23)25-13-12-22-9-2-3-10-22/h4-7,16,19H,2-3,8-15H2,1H3/t16-,19-/m0/s1. The summed E-state index contributed by atoms with van der Waals surface area (Å²) in [5, 5.41) is 0. The lowest BCUT2D eigenvalue weighted by molar-refractivity contribution is -0.131. The van der Waals surface area contributed by atoms with E-state index in [1.54, 1.807) is 12.1 Å². The fourth-order valence-corrected chi connectivity index (χ4v) is 3.75. The van der Waals surface area contributed by atoms with E-state index in [1.165, 1.54) is 38.1 Å². The topological polar surface area (TPSA) is 32.8 Å². The van der Waals surface area contributed by atoms with Gasteiger partial charge < -0.3 is 14.5 Å². The average Bonchev–Trinajstić information content (AvgIpc) is 3.27. The Bertz CT molecular complexity index is 557. The maximum absolute atomic E-state index is 13.0. The second-order valence-corrected chi connectivity index (χ2v) is 7.33. The summed E-state index contributed by atoms with van der Waals surface area (Å²) in [4.78, 5) is 16.9. The Morgan fingerprint density at radius 2 is 1.96 bits per heavy atom. The molecule has 0 saturated carbocycles. The molecule has 5 heteroatoms. The van der Waals surface area contributed by atoms with Crippen molar-refractivity contribution in [1.29, 1.82) is 0 Å². The summed E-state index contributed by atoms with van der Waals surface area (Å²) in [6, 6.07) is 6.44. The second-order valence-electron chi connectivity index (χ2n) is 7.33. The van der Waals surface area contributed by atoms with Gasteiger partial charge in [-0.1, -0.05) is 19.1 Å². The smallest absolute Gasteiger partial charge is 0.223 e. The molecule has 138 valence electrons. The van der Waals surface area contributed by atoms with Gasteiger partial charge >= 0.3 is 0 Å². The van der Waals surface area contributed by atoms with E-state index in [2.05, 4.69) is 4.90 Å². The molecule has 25 heavy (non-hydrogen) atoms. The van der Waals surface area contributed by atoms with Crippen molar-refractivity contribution in [2.75, 3.05) is 39.3 Å². The molecule has 2 fully saturated rings. The molecule has 2 atom stereocenters. The predicted molar refractivity (Wildman–Crippen MR) is 96.0 cm³/mol. The third kappa shape index (κ3) is 5.25. The van der Waals surface area contributed by atoms with Crippen LogP contribution in [-0.2, 0) is 9.53 Å². The maximum Gasteiger partial charge on any atom is 0.223 e. The monoisotopic (exact) mass is 348 g/mol. The van der Waals surface area contributed by atoms with E-state index < -0.39 is 0 Å². The number of carbonyl (C=O) groups is 1. The number of ether oxygens (including phenoxy) is 1. The quantitative estimate of drug-likeness (QED) is 0.759.